The molecule has 0 amide bonds. The molecule has 0 aliphatic rings. The van der Waals surface area contributed by atoms with Crippen LogP contribution in [0, 0.1) is 35.0 Å². The molecule has 11 heteroatoms. The molecule has 0 radical (unpaired) electrons. The van der Waals surface area contributed by atoms with Crippen LogP contribution in [0.25, 0.3) is 0 Å². The first-order valence-corrected chi connectivity index (χ1v) is 11.5. The number of benzene rings is 2. The standard InChI is InChI=1S/C21H23F5NO4P/c1-4-13(5-2)11-30-21(28)12(3)27-32(29,31-14-9-7-6-8-10-14)20-18(25)16(23)15(22)17(24)19(20)26/h6-10,12-13H,4-5,11H2,1-3H3,(H,27,29)/t12-,32+/m0/s1. The summed E-state index contributed by atoms with van der Waals surface area (Å²) in [6.07, 6.45) is 1.46. The first-order valence-electron chi connectivity index (χ1n) is 9.86. The average molecular weight is 479 g/mol. The molecule has 2 aromatic rings. The number of carbonyl (C=O) groups is 1. The summed E-state index contributed by atoms with van der Waals surface area (Å²) in [5.74, 6) is -12.7. The number of halogens is 5. The zero-order chi connectivity index (χ0) is 24.1. The molecule has 0 saturated carbocycles. The van der Waals surface area contributed by atoms with Gasteiger partial charge in [0, 0.05) is 0 Å². The van der Waals surface area contributed by atoms with E-state index in [0.717, 1.165) is 12.8 Å². The van der Waals surface area contributed by atoms with Gasteiger partial charge in [0.15, 0.2) is 23.3 Å². The topological polar surface area (TPSA) is 64.6 Å². The summed E-state index contributed by atoms with van der Waals surface area (Å²) in [6, 6.07) is 5.49. The minimum atomic E-state index is -5.06. The number of carbonyl (C=O) groups excluding carboxylic acids is 1. The Morgan fingerprint density at radius 1 is 0.938 bits per heavy atom. The molecule has 0 spiro atoms. The van der Waals surface area contributed by atoms with Gasteiger partial charge in [0.05, 0.1) is 6.61 Å². The molecule has 2 rings (SSSR count). The van der Waals surface area contributed by atoms with Crippen molar-refractivity contribution in [3.8, 4) is 5.75 Å². The minimum absolute atomic E-state index is 0.0459. The Labute approximate surface area is 182 Å². The fourth-order valence-corrected chi connectivity index (χ4v) is 4.80. The lowest BCUT2D eigenvalue weighted by molar-refractivity contribution is -0.146. The van der Waals surface area contributed by atoms with E-state index in [9.17, 15) is 31.3 Å². The van der Waals surface area contributed by atoms with E-state index in [1.807, 2.05) is 13.8 Å². The normalized spacial score (nSPS) is 14.2. The van der Waals surface area contributed by atoms with Gasteiger partial charge in [0.1, 0.15) is 17.1 Å². The number of para-hydroxylation sites is 1. The van der Waals surface area contributed by atoms with Crippen LogP contribution in [-0.4, -0.2) is 18.6 Å². The molecule has 0 unspecified atom stereocenters. The number of hydrogen-bond acceptors (Lipinski definition) is 4. The number of nitrogens with one attached hydrogen (secondary N) is 1. The van der Waals surface area contributed by atoms with E-state index in [0.29, 0.717) is 0 Å². The van der Waals surface area contributed by atoms with Gasteiger partial charge in [0.25, 0.3) is 0 Å². The summed E-state index contributed by atoms with van der Waals surface area (Å²) in [5, 5.41) is 0.399. The van der Waals surface area contributed by atoms with Gasteiger partial charge >= 0.3 is 13.5 Å². The Morgan fingerprint density at radius 3 is 1.94 bits per heavy atom. The minimum Gasteiger partial charge on any atom is -0.464 e. The molecule has 5 nitrogen and oxygen atoms in total. The first-order chi connectivity index (χ1) is 15.1. The predicted molar refractivity (Wildman–Crippen MR) is 108 cm³/mol. The molecular formula is C21H23F5NO4P. The maximum Gasteiger partial charge on any atom is 0.353 e. The number of hydrogen-bond donors (Lipinski definition) is 1. The van der Waals surface area contributed by atoms with Gasteiger partial charge in [-0.1, -0.05) is 44.9 Å². The van der Waals surface area contributed by atoms with E-state index < -0.39 is 53.9 Å². The molecule has 1 N–H and O–H groups in total. The van der Waals surface area contributed by atoms with Gasteiger partial charge in [-0.3, -0.25) is 9.36 Å². The second kappa shape index (κ2) is 10.9. The van der Waals surface area contributed by atoms with Crippen LogP contribution in [0.4, 0.5) is 22.0 Å². The highest BCUT2D eigenvalue weighted by atomic mass is 31.2. The molecule has 0 heterocycles. The molecular weight excluding hydrogens is 456 g/mol. The molecule has 0 fully saturated rings. The smallest absolute Gasteiger partial charge is 0.353 e. The molecule has 0 aliphatic carbocycles. The Balaban J connectivity index is 2.46. The predicted octanol–water partition coefficient (Wildman–Crippen LogP) is 5.24. The number of ether oxygens (including phenoxy) is 1. The van der Waals surface area contributed by atoms with Crippen LogP contribution in [-0.2, 0) is 14.1 Å². The molecule has 2 atom stereocenters. The van der Waals surface area contributed by atoms with Crippen molar-refractivity contribution in [2.75, 3.05) is 6.61 Å². The van der Waals surface area contributed by atoms with E-state index in [1.165, 1.54) is 31.2 Å². The van der Waals surface area contributed by atoms with Crippen LogP contribution in [0.3, 0.4) is 0 Å². The quantitative estimate of drug-likeness (QED) is 0.166. The van der Waals surface area contributed by atoms with Crippen LogP contribution in [0.5, 0.6) is 5.75 Å². The van der Waals surface area contributed by atoms with E-state index in [-0.39, 0.29) is 18.3 Å². The van der Waals surface area contributed by atoms with E-state index in [2.05, 4.69) is 5.09 Å². The molecule has 176 valence electrons. The monoisotopic (exact) mass is 479 g/mol. The molecule has 0 saturated heterocycles. The second-order valence-electron chi connectivity index (χ2n) is 7.04. The lowest BCUT2D eigenvalue weighted by Gasteiger charge is -2.25. The molecule has 2 aromatic carbocycles. The van der Waals surface area contributed by atoms with E-state index >= 15 is 0 Å². The van der Waals surface area contributed by atoms with Crippen molar-refractivity contribution in [2.24, 2.45) is 5.92 Å². The Hall–Kier alpha value is -2.45. The zero-order valence-electron chi connectivity index (χ0n) is 17.6. The highest BCUT2D eigenvalue weighted by Gasteiger charge is 2.42. The lowest BCUT2D eigenvalue weighted by atomic mass is 10.1. The maximum atomic E-state index is 14.5. The van der Waals surface area contributed by atoms with Crippen LogP contribution in [0.2, 0.25) is 0 Å². The Kier molecular flexibility index (Phi) is 8.81. The van der Waals surface area contributed by atoms with Crippen molar-refractivity contribution in [3.05, 3.63) is 59.4 Å². The average Bonchev–Trinajstić information content (AvgIpc) is 2.77. The third-order valence-electron chi connectivity index (χ3n) is 4.79. The fraction of sp³-hybridized carbons (Fsp3) is 0.381. The number of rotatable bonds is 10. The van der Waals surface area contributed by atoms with E-state index in [4.69, 9.17) is 9.26 Å². The zero-order valence-corrected chi connectivity index (χ0v) is 18.5. The summed E-state index contributed by atoms with van der Waals surface area (Å²) in [7, 11) is -5.06. The summed E-state index contributed by atoms with van der Waals surface area (Å²) in [6.45, 7) is 5.01. The molecule has 0 aromatic heterocycles. The van der Waals surface area contributed by atoms with Crippen LogP contribution >= 0.6 is 7.52 Å². The Bertz CT molecular complexity index is 972. The second-order valence-corrected chi connectivity index (χ2v) is 9.03. The maximum absolute atomic E-state index is 14.5. The SMILES string of the molecule is CCC(CC)COC(=O)[C@H](C)N[P@](=O)(Oc1ccccc1)c1c(F)c(F)c(F)c(F)c1F. The number of esters is 1. The van der Waals surface area contributed by atoms with Crippen molar-refractivity contribution in [1.82, 2.24) is 5.09 Å². The van der Waals surface area contributed by atoms with Gasteiger partial charge < -0.3 is 9.26 Å². The van der Waals surface area contributed by atoms with Gasteiger partial charge in [-0.05, 0) is 25.0 Å². The molecule has 32 heavy (non-hydrogen) atoms. The van der Waals surface area contributed by atoms with Crippen LogP contribution in [0.15, 0.2) is 30.3 Å². The van der Waals surface area contributed by atoms with Crippen molar-refractivity contribution in [2.45, 2.75) is 39.7 Å². The summed E-state index contributed by atoms with van der Waals surface area (Å²) >= 11 is 0. The van der Waals surface area contributed by atoms with Gasteiger partial charge in [-0.25, -0.2) is 27.0 Å². The van der Waals surface area contributed by atoms with Gasteiger partial charge in [-0.2, -0.15) is 0 Å². The van der Waals surface area contributed by atoms with Crippen LogP contribution < -0.4 is 14.9 Å². The third-order valence-corrected chi connectivity index (χ3v) is 6.97. The highest BCUT2D eigenvalue weighted by molar-refractivity contribution is 7.65. The van der Waals surface area contributed by atoms with Crippen molar-refractivity contribution in [3.63, 3.8) is 0 Å². The Morgan fingerprint density at radius 2 is 1.44 bits per heavy atom. The van der Waals surface area contributed by atoms with Crippen molar-refractivity contribution >= 4 is 18.8 Å². The fourth-order valence-electron chi connectivity index (χ4n) is 2.78. The third kappa shape index (κ3) is 5.66. The summed E-state index contributed by atoms with van der Waals surface area (Å²) in [4.78, 5) is 12.3. The molecule has 0 bridgehead atoms. The highest BCUT2D eigenvalue weighted by Crippen LogP contribution is 2.45. The van der Waals surface area contributed by atoms with E-state index in [1.54, 1.807) is 6.07 Å². The van der Waals surface area contributed by atoms with Gasteiger partial charge in [-0.15, -0.1) is 0 Å². The summed E-state index contributed by atoms with van der Waals surface area (Å²) in [5.41, 5.74) is 0. The van der Waals surface area contributed by atoms with Crippen LogP contribution in [0.1, 0.15) is 33.6 Å². The summed E-state index contributed by atoms with van der Waals surface area (Å²) < 4.78 is 93.9. The largest absolute Gasteiger partial charge is 0.464 e. The van der Waals surface area contributed by atoms with Crippen molar-refractivity contribution in [1.29, 1.82) is 0 Å². The van der Waals surface area contributed by atoms with Gasteiger partial charge in [0.2, 0.25) is 5.82 Å². The van der Waals surface area contributed by atoms with Crippen molar-refractivity contribution < 1.29 is 40.6 Å². The molecule has 0 aliphatic heterocycles. The first kappa shape index (κ1) is 25.8. The lowest BCUT2D eigenvalue weighted by Crippen LogP contribution is -2.40.